The Balaban J connectivity index is 3.17. The monoisotopic (exact) mass is 267 g/mol. The third-order valence-corrected chi connectivity index (χ3v) is 2.14. The molecular weight excluding hydrogens is 258 g/mol. The van der Waals surface area contributed by atoms with Crippen LogP contribution in [0.15, 0.2) is 18.2 Å². The van der Waals surface area contributed by atoms with Crippen LogP contribution >= 0.6 is 12.2 Å². The Morgan fingerprint density at radius 2 is 2.00 bits per heavy atom. The largest absolute Gasteiger partial charge is 0.490 e. The van der Waals surface area contributed by atoms with Crippen LogP contribution < -0.4 is 10.5 Å². The van der Waals surface area contributed by atoms with Gasteiger partial charge in [0.15, 0.2) is 0 Å². The zero-order valence-corrected chi connectivity index (χ0v) is 9.37. The highest BCUT2D eigenvalue weighted by atomic mass is 32.1. The van der Waals surface area contributed by atoms with Crippen molar-refractivity contribution in [2.24, 2.45) is 5.73 Å². The van der Waals surface area contributed by atoms with Gasteiger partial charge in [0, 0.05) is 5.56 Å². The molecule has 2 nitrogen and oxygen atoms in total. The van der Waals surface area contributed by atoms with Crippen LogP contribution in [0, 0.1) is 0 Å². The molecule has 1 rings (SSSR count). The van der Waals surface area contributed by atoms with Crippen molar-refractivity contribution >= 4 is 17.2 Å². The van der Waals surface area contributed by atoms with E-state index in [4.69, 9.17) is 5.73 Å². The normalized spacial score (nSPS) is 11.3. The molecule has 0 fully saturated rings. The maximum atomic E-state index is 12.7. The summed E-state index contributed by atoms with van der Waals surface area (Å²) in [5, 5.41) is 0. The van der Waals surface area contributed by atoms with Crippen LogP contribution in [0.5, 0.6) is 5.75 Å². The predicted octanol–water partition coefficient (Wildman–Crippen LogP) is 2.69. The molecule has 1 aromatic carbocycles. The first-order chi connectivity index (χ1) is 7.86. The van der Waals surface area contributed by atoms with E-state index in [1.807, 2.05) is 0 Å². The number of rotatable bonds is 4. The molecule has 0 saturated carbocycles. The van der Waals surface area contributed by atoms with Crippen molar-refractivity contribution in [1.82, 2.24) is 0 Å². The van der Waals surface area contributed by atoms with Gasteiger partial charge in [0.1, 0.15) is 24.0 Å². The lowest BCUT2D eigenvalue weighted by atomic mass is 10.1. The summed E-state index contributed by atoms with van der Waals surface area (Å²) >= 11 is 4.58. The van der Waals surface area contributed by atoms with Gasteiger partial charge in [-0.05, 0) is 18.2 Å². The SMILES string of the molecule is NC(=S)c1ccc(OCCF)c(C(F)(F)F)c1. The fourth-order valence-corrected chi connectivity index (χ4v) is 1.31. The number of thiocarbonyl (C=S) groups is 1. The minimum atomic E-state index is -4.60. The van der Waals surface area contributed by atoms with Crippen LogP contribution in [0.25, 0.3) is 0 Å². The van der Waals surface area contributed by atoms with Crippen LogP contribution in [0.1, 0.15) is 11.1 Å². The predicted molar refractivity (Wildman–Crippen MR) is 58.8 cm³/mol. The molecule has 0 radical (unpaired) electrons. The zero-order chi connectivity index (χ0) is 13.1. The number of nitrogens with two attached hydrogens (primary N) is 1. The Morgan fingerprint density at radius 1 is 1.35 bits per heavy atom. The highest BCUT2D eigenvalue weighted by molar-refractivity contribution is 7.80. The summed E-state index contributed by atoms with van der Waals surface area (Å²) in [5.41, 5.74) is 4.31. The molecule has 0 heterocycles. The van der Waals surface area contributed by atoms with Gasteiger partial charge >= 0.3 is 6.18 Å². The van der Waals surface area contributed by atoms with Crippen molar-refractivity contribution < 1.29 is 22.3 Å². The molecule has 7 heteroatoms. The quantitative estimate of drug-likeness (QED) is 0.673. The van der Waals surface area contributed by atoms with Crippen LogP contribution in [-0.4, -0.2) is 18.3 Å². The summed E-state index contributed by atoms with van der Waals surface area (Å²) in [6.45, 7) is -1.30. The van der Waals surface area contributed by atoms with E-state index in [9.17, 15) is 17.6 Å². The Labute approximate surface area is 100 Å². The first-order valence-electron chi connectivity index (χ1n) is 4.56. The van der Waals surface area contributed by atoms with E-state index in [0.29, 0.717) is 0 Å². The Hall–Kier alpha value is -1.37. The highest BCUT2D eigenvalue weighted by Gasteiger charge is 2.34. The number of alkyl halides is 4. The maximum Gasteiger partial charge on any atom is 0.419 e. The molecule has 0 aliphatic carbocycles. The van der Waals surface area contributed by atoms with Gasteiger partial charge in [-0.15, -0.1) is 0 Å². The molecule has 0 aliphatic heterocycles. The number of hydrogen-bond acceptors (Lipinski definition) is 2. The first-order valence-corrected chi connectivity index (χ1v) is 4.97. The van der Waals surface area contributed by atoms with Gasteiger partial charge in [-0.3, -0.25) is 0 Å². The lowest BCUT2D eigenvalue weighted by Crippen LogP contribution is -2.14. The summed E-state index contributed by atoms with van der Waals surface area (Å²) in [7, 11) is 0. The lowest BCUT2D eigenvalue weighted by Gasteiger charge is -2.14. The summed E-state index contributed by atoms with van der Waals surface area (Å²) in [4.78, 5) is -0.146. The second-order valence-electron chi connectivity index (χ2n) is 3.11. The minimum Gasteiger partial charge on any atom is -0.490 e. The second kappa shape index (κ2) is 5.31. The average molecular weight is 267 g/mol. The molecule has 0 aliphatic rings. The number of ether oxygens (including phenoxy) is 1. The summed E-state index contributed by atoms with van der Waals surface area (Å²) in [6.07, 6.45) is -4.60. The van der Waals surface area contributed by atoms with Gasteiger partial charge in [-0.2, -0.15) is 13.2 Å². The minimum absolute atomic E-state index is 0.0833. The van der Waals surface area contributed by atoms with E-state index in [2.05, 4.69) is 17.0 Å². The average Bonchev–Trinajstić information content (AvgIpc) is 2.24. The molecule has 2 N–H and O–H groups in total. The Bertz CT molecular complexity index is 419. The van der Waals surface area contributed by atoms with Crippen molar-refractivity contribution in [2.75, 3.05) is 13.3 Å². The van der Waals surface area contributed by atoms with Crippen molar-refractivity contribution in [2.45, 2.75) is 6.18 Å². The smallest absolute Gasteiger partial charge is 0.419 e. The van der Waals surface area contributed by atoms with E-state index < -0.39 is 30.8 Å². The van der Waals surface area contributed by atoms with Gasteiger partial charge in [0.05, 0.1) is 5.56 Å². The van der Waals surface area contributed by atoms with Crippen molar-refractivity contribution in [1.29, 1.82) is 0 Å². The molecule has 94 valence electrons. The van der Waals surface area contributed by atoms with Gasteiger partial charge in [-0.1, -0.05) is 12.2 Å². The van der Waals surface area contributed by atoms with E-state index in [1.165, 1.54) is 6.07 Å². The number of benzene rings is 1. The first kappa shape index (κ1) is 13.7. The summed E-state index contributed by atoms with van der Waals surface area (Å²) in [5.74, 6) is -0.435. The molecule has 0 bridgehead atoms. The van der Waals surface area contributed by atoms with Crippen LogP contribution in [-0.2, 0) is 6.18 Å². The van der Waals surface area contributed by atoms with Gasteiger partial charge < -0.3 is 10.5 Å². The van der Waals surface area contributed by atoms with Gasteiger partial charge in [0.25, 0.3) is 0 Å². The van der Waals surface area contributed by atoms with Crippen LogP contribution in [0.3, 0.4) is 0 Å². The fraction of sp³-hybridized carbons (Fsp3) is 0.300. The highest BCUT2D eigenvalue weighted by Crippen LogP contribution is 2.36. The third kappa shape index (κ3) is 3.55. The second-order valence-corrected chi connectivity index (χ2v) is 3.55. The third-order valence-electron chi connectivity index (χ3n) is 1.90. The molecule has 0 unspecified atom stereocenters. The van der Waals surface area contributed by atoms with Gasteiger partial charge in [0.2, 0.25) is 0 Å². The standard InChI is InChI=1S/C10H9F4NOS/c11-3-4-16-8-2-1-6(9(15)17)5-7(8)10(12,13)14/h1-2,5H,3-4H2,(H2,15,17). The summed E-state index contributed by atoms with van der Waals surface area (Å²) in [6, 6.07) is 3.16. The Kier molecular flexibility index (Phi) is 4.28. The lowest BCUT2D eigenvalue weighted by molar-refractivity contribution is -0.139. The van der Waals surface area contributed by atoms with Crippen LogP contribution in [0.4, 0.5) is 17.6 Å². The molecule has 1 aromatic rings. The van der Waals surface area contributed by atoms with E-state index in [1.54, 1.807) is 0 Å². The molecular formula is C10H9F4NOS. The molecule has 0 amide bonds. The fourth-order valence-electron chi connectivity index (χ4n) is 1.18. The molecule has 0 spiro atoms. The number of halogens is 4. The van der Waals surface area contributed by atoms with Gasteiger partial charge in [-0.25, -0.2) is 4.39 Å². The van der Waals surface area contributed by atoms with E-state index in [-0.39, 0.29) is 10.6 Å². The summed E-state index contributed by atoms with van der Waals surface area (Å²) < 4.78 is 54.5. The van der Waals surface area contributed by atoms with E-state index in [0.717, 1.165) is 12.1 Å². The Morgan fingerprint density at radius 3 is 2.47 bits per heavy atom. The maximum absolute atomic E-state index is 12.7. The topological polar surface area (TPSA) is 35.2 Å². The van der Waals surface area contributed by atoms with Crippen LogP contribution in [0.2, 0.25) is 0 Å². The van der Waals surface area contributed by atoms with Crippen molar-refractivity contribution in [3.63, 3.8) is 0 Å². The molecule has 0 saturated heterocycles. The molecule has 0 aromatic heterocycles. The van der Waals surface area contributed by atoms with Crippen molar-refractivity contribution in [3.05, 3.63) is 29.3 Å². The van der Waals surface area contributed by atoms with E-state index >= 15 is 0 Å². The molecule has 17 heavy (non-hydrogen) atoms. The zero-order valence-electron chi connectivity index (χ0n) is 8.55. The van der Waals surface area contributed by atoms with Crippen molar-refractivity contribution in [3.8, 4) is 5.75 Å². The number of hydrogen-bond donors (Lipinski definition) is 1. The molecule has 0 atom stereocenters.